The Balaban J connectivity index is 1.81. The van der Waals surface area contributed by atoms with Crippen LogP contribution in [-0.4, -0.2) is 69.9 Å². The average molecular weight is 407 g/mol. The highest BCUT2D eigenvalue weighted by Gasteiger charge is 2.49. The van der Waals surface area contributed by atoms with Gasteiger partial charge in [-0.1, -0.05) is 43.4 Å². The van der Waals surface area contributed by atoms with Crippen molar-refractivity contribution in [2.75, 3.05) is 19.8 Å². The molecule has 152 valence electrons. The molecule has 0 bridgehead atoms. The summed E-state index contributed by atoms with van der Waals surface area (Å²) in [5.74, 6) is 0.396. The molecule has 1 fully saturated rings. The average Bonchev–Trinajstić information content (AvgIpc) is 3.15. The number of amidine groups is 2. The molecule has 0 spiro atoms. The lowest BCUT2D eigenvalue weighted by Gasteiger charge is -2.26. The lowest BCUT2D eigenvalue weighted by molar-refractivity contribution is -0.407. The van der Waals surface area contributed by atoms with Gasteiger partial charge in [-0.15, -0.1) is 0 Å². The predicted molar refractivity (Wildman–Crippen MR) is 110 cm³/mol. The Hall–Kier alpha value is -2.03. The molecule has 0 radical (unpaired) electrons. The number of carbonyl (C=O) groups is 3. The van der Waals surface area contributed by atoms with Gasteiger partial charge in [-0.25, -0.2) is 9.79 Å². The zero-order chi connectivity index (χ0) is 20.4. The van der Waals surface area contributed by atoms with Crippen LogP contribution in [0.15, 0.2) is 9.98 Å². The first-order valence-electron chi connectivity index (χ1n) is 9.78. The summed E-state index contributed by atoms with van der Waals surface area (Å²) in [6.45, 7) is 4.12. The van der Waals surface area contributed by atoms with Crippen molar-refractivity contribution in [1.82, 2.24) is 10.2 Å². The molecular weight excluding hydrogens is 378 g/mol. The number of hydrogen-bond donors (Lipinski definition) is 1. The second kappa shape index (κ2) is 8.55. The normalized spacial score (nSPS) is 23.2. The predicted octanol–water partition coefficient (Wildman–Crippen LogP) is 1.88. The van der Waals surface area contributed by atoms with Crippen molar-refractivity contribution >= 4 is 46.3 Å². The van der Waals surface area contributed by atoms with E-state index in [9.17, 15) is 14.4 Å². The van der Waals surface area contributed by atoms with Crippen LogP contribution < -0.4 is 5.32 Å². The molecule has 8 nitrogen and oxygen atoms in total. The maximum absolute atomic E-state index is 12.8. The molecule has 3 aliphatic rings. The summed E-state index contributed by atoms with van der Waals surface area (Å²) >= 11 is 1.27. The number of nitrogens with zero attached hydrogens (tertiary/aromatic N) is 4. The Morgan fingerprint density at radius 1 is 1.29 bits per heavy atom. The van der Waals surface area contributed by atoms with Gasteiger partial charge in [0.1, 0.15) is 5.04 Å². The number of amides is 4. The monoisotopic (exact) mass is 406 g/mol. The lowest BCUT2D eigenvalue weighted by atomic mass is 10.0. The standard InChI is InChI=1S/C19H27N5O3S/c1-11(2)9-13-21-16-15(18(26)24(4)19(27)23(16)3)17(22-13)28-10-14(25)20-12-7-5-6-8-12/h11-12,15H,5-10H2,1-4H3/p+1. The quantitative estimate of drug-likeness (QED) is 0.706. The van der Waals surface area contributed by atoms with E-state index in [0.29, 0.717) is 29.1 Å². The maximum atomic E-state index is 12.8. The molecule has 1 unspecified atom stereocenters. The van der Waals surface area contributed by atoms with Crippen molar-refractivity contribution in [1.29, 1.82) is 0 Å². The smallest absolute Gasteiger partial charge is 0.353 e. The SMILES string of the molecule is CC(C)CC1=NC2=[N+](C)C(=O)N(C)C(=O)C2C(SCC(=O)NC2CCCC2)=N1. The van der Waals surface area contributed by atoms with Crippen molar-refractivity contribution < 1.29 is 19.0 Å². The van der Waals surface area contributed by atoms with Crippen molar-refractivity contribution in [2.45, 2.75) is 52.0 Å². The molecule has 1 atom stereocenters. The highest BCUT2D eigenvalue weighted by Crippen LogP contribution is 2.26. The maximum Gasteiger partial charge on any atom is 0.445 e. The van der Waals surface area contributed by atoms with E-state index < -0.39 is 11.9 Å². The Morgan fingerprint density at radius 3 is 2.61 bits per heavy atom. The third-order valence-electron chi connectivity index (χ3n) is 5.15. The molecule has 2 aliphatic heterocycles. The second-order valence-electron chi connectivity index (χ2n) is 7.94. The summed E-state index contributed by atoms with van der Waals surface area (Å²) in [5, 5.41) is 3.60. The van der Waals surface area contributed by atoms with Crippen LogP contribution in [0.5, 0.6) is 0 Å². The summed E-state index contributed by atoms with van der Waals surface area (Å²) in [7, 11) is 3.07. The van der Waals surface area contributed by atoms with Gasteiger partial charge in [-0.05, 0) is 18.8 Å². The number of aliphatic imine (C=N–C) groups is 2. The van der Waals surface area contributed by atoms with Crippen molar-refractivity contribution in [2.24, 2.45) is 21.8 Å². The summed E-state index contributed by atoms with van der Waals surface area (Å²) < 4.78 is 1.40. The Morgan fingerprint density at radius 2 is 1.96 bits per heavy atom. The Bertz CT molecular complexity index is 780. The van der Waals surface area contributed by atoms with Crippen molar-refractivity contribution in [3.63, 3.8) is 0 Å². The van der Waals surface area contributed by atoms with Crippen LogP contribution in [0.1, 0.15) is 46.0 Å². The second-order valence-corrected chi connectivity index (χ2v) is 8.94. The Kier molecular flexibility index (Phi) is 6.32. The number of hydrogen-bond acceptors (Lipinski definition) is 6. The molecule has 1 N–H and O–H groups in total. The number of carbonyl (C=O) groups excluding carboxylic acids is 3. The first-order chi connectivity index (χ1) is 13.3. The summed E-state index contributed by atoms with van der Waals surface area (Å²) in [5.41, 5.74) is 0. The Labute approximate surface area is 169 Å². The van der Waals surface area contributed by atoms with Crippen molar-refractivity contribution in [3.8, 4) is 0 Å². The number of urea groups is 1. The molecule has 0 aromatic rings. The molecule has 9 heteroatoms. The summed E-state index contributed by atoms with van der Waals surface area (Å²) in [6.07, 6.45) is 5.00. The van der Waals surface area contributed by atoms with Gasteiger partial charge in [0.05, 0.1) is 19.8 Å². The molecule has 3 rings (SSSR count). The molecule has 28 heavy (non-hydrogen) atoms. The molecule has 4 amide bonds. The molecule has 1 aliphatic carbocycles. The van der Waals surface area contributed by atoms with Gasteiger partial charge in [-0.3, -0.25) is 9.59 Å². The third kappa shape index (κ3) is 4.34. The van der Waals surface area contributed by atoms with Crippen LogP contribution in [-0.2, 0) is 9.59 Å². The number of imide groups is 1. The van der Waals surface area contributed by atoms with E-state index in [4.69, 9.17) is 0 Å². The molecule has 2 heterocycles. The van der Waals surface area contributed by atoms with E-state index in [1.165, 1.54) is 23.4 Å². The molecule has 0 saturated heterocycles. The minimum absolute atomic E-state index is 0.0462. The van der Waals surface area contributed by atoms with Gasteiger partial charge in [0.25, 0.3) is 5.84 Å². The van der Waals surface area contributed by atoms with E-state index in [1.54, 1.807) is 7.05 Å². The fourth-order valence-electron chi connectivity index (χ4n) is 3.67. The van der Waals surface area contributed by atoms with Gasteiger partial charge in [0.2, 0.25) is 11.7 Å². The van der Waals surface area contributed by atoms with E-state index >= 15 is 0 Å². The van der Waals surface area contributed by atoms with Gasteiger partial charge in [0, 0.05) is 12.5 Å². The van der Waals surface area contributed by atoms with E-state index in [1.807, 2.05) is 0 Å². The zero-order valence-electron chi connectivity index (χ0n) is 16.9. The first-order valence-corrected chi connectivity index (χ1v) is 10.8. The number of fused-ring (bicyclic) bond motifs is 1. The highest BCUT2D eigenvalue weighted by atomic mass is 32.2. The highest BCUT2D eigenvalue weighted by molar-refractivity contribution is 8.14. The van der Waals surface area contributed by atoms with Gasteiger partial charge >= 0.3 is 11.9 Å². The third-order valence-corrected chi connectivity index (χ3v) is 6.17. The summed E-state index contributed by atoms with van der Waals surface area (Å²) in [4.78, 5) is 47.6. The van der Waals surface area contributed by atoms with Crippen molar-refractivity contribution in [3.05, 3.63) is 0 Å². The zero-order valence-corrected chi connectivity index (χ0v) is 17.7. The van der Waals surface area contributed by atoms with Crippen LogP contribution >= 0.6 is 11.8 Å². The fraction of sp³-hybridized carbons (Fsp3) is 0.684. The fourth-order valence-corrected chi connectivity index (χ4v) is 4.58. The first kappa shape index (κ1) is 20.7. The molecule has 0 aromatic carbocycles. The number of thioether (sulfide) groups is 1. The van der Waals surface area contributed by atoms with E-state index in [-0.39, 0.29) is 23.6 Å². The number of nitrogens with one attached hydrogen (secondary N) is 1. The topological polar surface area (TPSA) is 94.2 Å². The minimum atomic E-state index is -0.729. The van der Waals surface area contributed by atoms with Gasteiger partial charge < -0.3 is 5.32 Å². The molecule has 0 aromatic heterocycles. The summed E-state index contributed by atoms with van der Waals surface area (Å²) in [6, 6.07) is -0.151. The number of rotatable bonds is 5. The van der Waals surface area contributed by atoms with Crippen LogP contribution in [0, 0.1) is 11.8 Å². The molecular formula is C19H28N5O3S+. The minimum Gasteiger partial charge on any atom is -0.353 e. The molecule has 1 saturated carbocycles. The van der Waals surface area contributed by atoms with Gasteiger partial charge in [0.15, 0.2) is 5.92 Å². The van der Waals surface area contributed by atoms with E-state index in [0.717, 1.165) is 30.6 Å². The van der Waals surface area contributed by atoms with Crippen LogP contribution in [0.3, 0.4) is 0 Å². The van der Waals surface area contributed by atoms with Crippen LogP contribution in [0.2, 0.25) is 0 Å². The van der Waals surface area contributed by atoms with Gasteiger partial charge in [-0.2, -0.15) is 9.48 Å². The van der Waals surface area contributed by atoms with E-state index in [2.05, 4.69) is 29.1 Å². The largest absolute Gasteiger partial charge is 0.445 e. The van der Waals surface area contributed by atoms with Crippen LogP contribution in [0.4, 0.5) is 4.79 Å². The van der Waals surface area contributed by atoms with Crippen LogP contribution in [0.25, 0.3) is 0 Å². The lowest BCUT2D eigenvalue weighted by Crippen LogP contribution is -2.54.